The number of benzene rings is 2. The molecule has 4 aromatic rings. The van der Waals surface area contributed by atoms with Crippen molar-refractivity contribution < 1.29 is 18.5 Å². The molecule has 0 fully saturated rings. The van der Waals surface area contributed by atoms with Crippen molar-refractivity contribution in [3.63, 3.8) is 0 Å². The Hall–Kier alpha value is -2.93. The van der Waals surface area contributed by atoms with Crippen LogP contribution in [0.5, 0.6) is 5.75 Å². The van der Waals surface area contributed by atoms with Crippen molar-refractivity contribution in [1.29, 1.82) is 0 Å². The molecule has 0 spiro atoms. The van der Waals surface area contributed by atoms with Crippen molar-refractivity contribution in [2.24, 2.45) is 0 Å². The molecule has 0 saturated heterocycles. The summed E-state index contributed by atoms with van der Waals surface area (Å²) in [5.74, 6) is 2.27. The van der Waals surface area contributed by atoms with Gasteiger partial charge in [0.2, 0.25) is 5.91 Å². The number of carbonyl (C=O) groups excluding carboxylic acids is 1. The van der Waals surface area contributed by atoms with Crippen LogP contribution >= 0.6 is 11.8 Å². The van der Waals surface area contributed by atoms with Gasteiger partial charge in [-0.25, -0.2) is 0 Å². The van der Waals surface area contributed by atoms with Gasteiger partial charge < -0.3 is 19.0 Å². The number of amides is 1. The first kappa shape index (κ1) is 18.4. The van der Waals surface area contributed by atoms with E-state index >= 15 is 0 Å². The van der Waals surface area contributed by atoms with Gasteiger partial charge in [-0.2, -0.15) is 0 Å². The Morgan fingerprint density at radius 1 is 1.18 bits per heavy atom. The van der Waals surface area contributed by atoms with Gasteiger partial charge in [-0.3, -0.25) is 4.79 Å². The van der Waals surface area contributed by atoms with Crippen molar-refractivity contribution in [2.45, 2.75) is 19.6 Å². The maximum Gasteiger partial charge on any atom is 0.234 e. The summed E-state index contributed by atoms with van der Waals surface area (Å²) < 4.78 is 16.5. The summed E-state index contributed by atoms with van der Waals surface area (Å²) in [6.07, 6.45) is 0. The van der Waals surface area contributed by atoms with E-state index in [1.165, 1.54) is 11.8 Å². The number of fused-ring (bicyclic) bond motifs is 3. The zero-order chi connectivity index (χ0) is 19.7. The topological polar surface area (TPSA) is 77.5 Å². The lowest BCUT2D eigenvalue weighted by atomic mass is 10.1. The molecule has 0 aliphatic carbocycles. The van der Waals surface area contributed by atoms with Gasteiger partial charge >= 0.3 is 0 Å². The predicted octanol–water partition coefficient (Wildman–Crippen LogP) is 5.07. The lowest BCUT2D eigenvalue weighted by Gasteiger charge is -2.10. The number of para-hydroxylation sites is 1. The first-order valence-corrected chi connectivity index (χ1v) is 10.0. The number of carbonyl (C=O) groups is 1. The molecular formula is C21H20N2O4S. The Balaban J connectivity index is 1.50. The molecule has 6 nitrogen and oxygen atoms in total. The number of anilines is 1. The Morgan fingerprint density at radius 3 is 2.75 bits per heavy atom. The van der Waals surface area contributed by atoms with E-state index in [0.29, 0.717) is 28.5 Å². The third-order valence-corrected chi connectivity index (χ3v) is 5.59. The van der Waals surface area contributed by atoms with Crippen LogP contribution in [0.25, 0.3) is 21.9 Å². The fourth-order valence-corrected chi connectivity index (χ4v) is 4.13. The molecule has 2 aromatic carbocycles. The summed E-state index contributed by atoms with van der Waals surface area (Å²) in [6.45, 7) is 3.78. The van der Waals surface area contributed by atoms with Crippen molar-refractivity contribution >= 4 is 45.3 Å². The summed E-state index contributed by atoms with van der Waals surface area (Å²) in [5.41, 5.74) is 4.01. The van der Waals surface area contributed by atoms with E-state index < -0.39 is 0 Å². The number of nitrogens with one attached hydrogen (secondary N) is 1. The first-order valence-electron chi connectivity index (χ1n) is 8.85. The van der Waals surface area contributed by atoms with E-state index in [1.807, 2.05) is 50.2 Å². The SMILES string of the molecule is COc1cc2c(cc1NC(=O)CSCc1c(C)noc1C)oc1ccccc12. The molecule has 0 bridgehead atoms. The van der Waals surface area contributed by atoms with Gasteiger partial charge in [-0.15, -0.1) is 11.8 Å². The maximum atomic E-state index is 12.4. The average Bonchev–Trinajstić information content (AvgIpc) is 3.21. The summed E-state index contributed by atoms with van der Waals surface area (Å²) >= 11 is 1.51. The van der Waals surface area contributed by atoms with Gasteiger partial charge in [0.15, 0.2) is 0 Å². The van der Waals surface area contributed by atoms with Crippen LogP contribution in [0.15, 0.2) is 45.3 Å². The van der Waals surface area contributed by atoms with Gasteiger partial charge in [0.05, 0.1) is 24.2 Å². The maximum absolute atomic E-state index is 12.4. The number of furan rings is 1. The zero-order valence-corrected chi connectivity index (χ0v) is 16.7. The predicted molar refractivity (Wildman–Crippen MR) is 111 cm³/mol. The molecular weight excluding hydrogens is 376 g/mol. The fourth-order valence-electron chi connectivity index (χ4n) is 3.16. The number of thioether (sulfide) groups is 1. The molecule has 0 atom stereocenters. The van der Waals surface area contributed by atoms with Crippen molar-refractivity contribution in [3.8, 4) is 5.75 Å². The Kier molecular flexibility index (Phi) is 5.00. The van der Waals surface area contributed by atoms with Crippen LogP contribution < -0.4 is 10.1 Å². The third-order valence-electron chi connectivity index (χ3n) is 4.63. The number of nitrogens with zero attached hydrogens (tertiary/aromatic N) is 1. The van der Waals surface area contributed by atoms with Crippen LogP contribution in [0.3, 0.4) is 0 Å². The highest BCUT2D eigenvalue weighted by Gasteiger charge is 2.15. The van der Waals surface area contributed by atoms with Crippen LogP contribution in [0.4, 0.5) is 5.69 Å². The highest BCUT2D eigenvalue weighted by Crippen LogP contribution is 2.36. The van der Waals surface area contributed by atoms with Crippen LogP contribution in [0.2, 0.25) is 0 Å². The minimum atomic E-state index is -0.106. The molecule has 2 aromatic heterocycles. The van der Waals surface area contributed by atoms with E-state index in [2.05, 4.69) is 10.5 Å². The molecule has 0 radical (unpaired) electrons. The summed E-state index contributed by atoms with van der Waals surface area (Å²) in [5, 5.41) is 8.83. The highest BCUT2D eigenvalue weighted by molar-refractivity contribution is 7.99. The number of hydrogen-bond acceptors (Lipinski definition) is 6. The average molecular weight is 396 g/mol. The quantitative estimate of drug-likeness (QED) is 0.490. The van der Waals surface area contributed by atoms with E-state index in [-0.39, 0.29) is 5.91 Å². The molecule has 7 heteroatoms. The second-order valence-electron chi connectivity index (χ2n) is 6.49. The van der Waals surface area contributed by atoms with Gasteiger partial charge in [0.25, 0.3) is 0 Å². The highest BCUT2D eigenvalue weighted by atomic mass is 32.2. The second-order valence-corrected chi connectivity index (χ2v) is 7.48. The fraction of sp³-hybridized carbons (Fsp3) is 0.238. The molecule has 0 aliphatic heterocycles. The summed E-state index contributed by atoms with van der Waals surface area (Å²) in [4.78, 5) is 12.4. The van der Waals surface area contributed by atoms with Crippen LogP contribution in [-0.2, 0) is 10.5 Å². The van der Waals surface area contributed by atoms with E-state index in [0.717, 1.165) is 33.4 Å². The normalized spacial score (nSPS) is 11.2. The van der Waals surface area contributed by atoms with Gasteiger partial charge in [0, 0.05) is 28.2 Å². The number of methoxy groups -OCH3 is 1. The van der Waals surface area contributed by atoms with Crippen LogP contribution in [-0.4, -0.2) is 23.9 Å². The number of aryl methyl sites for hydroxylation is 2. The molecule has 1 amide bonds. The second kappa shape index (κ2) is 7.59. The number of ether oxygens (including phenoxy) is 1. The molecule has 4 rings (SSSR count). The number of rotatable bonds is 6. The third kappa shape index (κ3) is 3.45. The smallest absolute Gasteiger partial charge is 0.234 e. The molecule has 0 aliphatic rings. The van der Waals surface area contributed by atoms with Gasteiger partial charge in [0.1, 0.15) is 22.7 Å². The molecule has 0 saturated carbocycles. The van der Waals surface area contributed by atoms with Crippen molar-refractivity contribution in [2.75, 3.05) is 18.2 Å². The van der Waals surface area contributed by atoms with Crippen LogP contribution in [0, 0.1) is 13.8 Å². The molecule has 0 unspecified atom stereocenters. The largest absolute Gasteiger partial charge is 0.495 e. The van der Waals surface area contributed by atoms with E-state index in [1.54, 1.807) is 7.11 Å². The molecule has 28 heavy (non-hydrogen) atoms. The lowest BCUT2D eigenvalue weighted by molar-refractivity contribution is -0.113. The lowest BCUT2D eigenvalue weighted by Crippen LogP contribution is -2.15. The Labute approximate surface area is 166 Å². The zero-order valence-electron chi connectivity index (χ0n) is 15.9. The molecule has 1 N–H and O–H groups in total. The van der Waals surface area contributed by atoms with E-state index in [4.69, 9.17) is 13.7 Å². The Morgan fingerprint density at radius 2 is 2.00 bits per heavy atom. The molecule has 144 valence electrons. The Bertz CT molecular complexity index is 1140. The van der Waals surface area contributed by atoms with E-state index in [9.17, 15) is 4.79 Å². The first-order chi connectivity index (χ1) is 13.6. The minimum absolute atomic E-state index is 0.106. The summed E-state index contributed by atoms with van der Waals surface area (Å²) in [7, 11) is 1.59. The number of aromatic nitrogens is 1. The van der Waals surface area contributed by atoms with Crippen molar-refractivity contribution in [3.05, 3.63) is 53.4 Å². The van der Waals surface area contributed by atoms with Gasteiger partial charge in [-0.1, -0.05) is 23.4 Å². The van der Waals surface area contributed by atoms with Crippen LogP contribution in [0.1, 0.15) is 17.0 Å². The van der Waals surface area contributed by atoms with Gasteiger partial charge in [-0.05, 0) is 26.0 Å². The van der Waals surface area contributed by atoms with Crippen molar-refractivity contribution in [1.82, 2.24) is 5.16 Å². The monoisotopic (exact) mass is 396 g/mol. The standard InChI is InChI=1S/C21H20N2O4S/c1-12-16(13(2)27-23-12)10-28-11-21(24)22-17-9-19-15(8-20(17)25-3)14-6-4-5-7-18(14)26-19/h4-9H,10-11H2,1-3H3,(H,22,24). The summed E-state index contributed by atoms with van der Waals surface area (Å²) in [6, 6.07) is 11.5. The molecule has 2 heterocycles. The minimum Gasteiger partial charge on any atom is -0.495 e. The number of hydrogen-bond donors (Lipinski definition) is 1.